The fraction of sp³-hybridized carbons (Fsp3) is 0.400. The number of anilines is 1. The van der Waals surface area contributed by atoms with Gasteiger partial charge in [0.25, 0.3) is 5.91 Å². The number of nitrogens with one attached hydrogen (secondary N) is 2. The maximum absolute atomic E-state index is 12.3. The second kappa shape index (κ2) is 6.05. The highest BCUT2D eigenvalue weighted by molar-refractivity contribution is 6.04. The zero-order chi connectivity index (χ0) is 14.7. The zero-order valence-corrected chi connectivity index (χ0v) is 11.9. The average Bonchev–Trinajstić information content (AvgIpc) is 3.26. The molecule has 6 heteroatoms. The number of hydrogen-bond acceptors (Lipinski definition) is 5. The number of carbonyl (C=O) groups excluding carboxylic acids is 1. The van der Waals surface area contributed by atoms with Gasteiger partial charge in [-0.3, -0.25) is 10.1 Å². The van der Waals surface area contributed by atoms with Gasteiger partial charge in [0.1, 0.15) is 0 Å². The van der Waals surface area contributed by atoms with E-state index in [1.54, 1.807) is 6.07 Å². The molecule has 3 rings (SSSR count). The minimum atomic E-state index is -0.215. The molecule has 1 aliphatic rings. The maximum Gasteiger partial charge on any atom is 0.322 e. The van der Waals surface area contributed by atoms with Gasteiger partial charge in [-0.2, -0.15) is 0 Å². The van der Waals surface area contributed by atoms with Crippen LogP contribution in [0.3, 0.4) is 0 Å². The fourth-order valence-electron chi connectivity index (χ4n) is 2.16. The summed E-state index contributed by atoms with van der Waals surface area (Å²) in [6, 6.07) is 7.71. The molecule has 0 saturated heterocycles. The molecule has 0 spiro atoms. The molecule has 0 radical (unpaired) electrons. The van der Waals surface area contributed by atoms with E-state index in [4.69, 9.17) is 4.42 Å². The zero-order valence-electron chi connectivity index (χ0n) is 11.9. The highest BCUT2D eigenvalue weighted by atomic mass is 16.4. The first-order chi connectivity index (χ1) is 10.3. The number of likely N-dealkylation sites (N-methyl/N-ethyl adjacent to an activating group) is 1. The topological polar surface area (TPSA) is 80.0 Å². The summed E-state index contributed by atoms with van der Waals surface area (Å²) >= 11 is 0. The molecule has 2 N–H and O–H groups in total. The molecule has 0 unspecified atom stereocenters. The van der Waals surface area contributed by atoms with E-state index in [9.17, 15) is 4.79 Å². The third-order valence-electron chi connectivity index (χ3n) is 3.49. The Bertz CT molecular complexity index is 634. The van der Waals surface area contributed by atoms with Crippen molar-refractivity contribution in [3.63, 3.8) is 0 Å². The molecule has 0 bridgehead atoms. The first-order valence-electron chi connectivity index (χ1n) is 7.15. The van der Waals surface area contributed by atoms with Crippen LogP contribution in [0, 0.1) is 0 Å². The highest BCUT2D eigenvalue weighted by Gasteiger charge is 2.29. The second-order valence-electron chi connectivity index (χ2n) is 5.18. The Kier molecular flexibility index (Phi) is 3.96. The lowest BCUT2D eigenvalue weighted by molar-refractivity contribution is 0.102. The van der Waals surface area contributed by atoms with Crippen molar-refractivity contribution in [2.45, 2.75) is 25.2 Å². The van der Waals surface area contributed by atoms with Gasteiger partial charge in [-0.05, 0) is 44.5 Å². The van der Waals surface area contributed by atoms with Gasteiger partial charge in [0.2, 0.25) is 5.89 Å². The predicted octanol–water partition coefficient (Wildman–Crippen LogP) is 1.96. The molecular weight excluding hydrogens is 268 g/mol. The van der Waals surface area contributed by atoms with Gasteiger partial charge in [-0.15, -0.1) is 5.10 Å². The summed E-state index contributed by atoms with van der Waals surface area (Å²) in [5.74, 6) is 0.785. The van der Waals surface area contributed by atoms with Gasteiger partial charge < -0.3 is 9.73 Å². The van der Waals surface area contributed by atoms with Gasteiger partial charge in [0.05, 0.1) is 0 Å². The van der Waals surface area contributed by atoms with E-state index in [1.807, 2.05) is 25.2 Å². The largest absolute Gasteiger partial charge is 0.408 e. The lowest BCUT2D eigenvalue weighted by atomic mass is 10.0. The summed E-state index contributed by atoms with van der Waals surface area (Å²) in [5.41, 5.74) is 1.63. The van der Waals surface area contributed by atoms with E-state index in [0.29, 0.717) is 17.4 Å². The summed E-state index contributed by atoms with van der Waals surface area (Å²) in [4.78, 5) is 12.3. The summed E-state index contributed by atoms with van der Waals surface area (Å²) in [5, 5.41) is 13.6. The summed E-state index contributed by atoms with van der Waals surface area (Å²) in [7, 11) is 1.89. The van der Waals surface area contributed by atoms with Gasteiger partial charge in [-0.1, -0.05) is 23.3 Å². The maximum atomic E-state index is 12.3. The van der Waals surface area contributed by atoms with Crippen molar-refractivity contribution >= 4 is 11.9 Å². The summed E-state index contributed by atoms with van der Waals surface area (Å²) in [6.45, 7) is 0.816. The molecule has 1 amide bonds. The molecule has 6 nitrogen and oxygen atoms in total. The number of benzene rings is 1. The van der Waals surface area contributed by atoms with Crippen LogP contribution in [0.4, 0.5) is 6.01 Å². The molecule has 1 aromatic heterocycles. The Morgan fingerprint density at radius 1 is 1.33 bits per heavy atom. The Labute approximate surface area is 123 Å². The van der Waals surface area contributed by atoms with E-state index in [1.165, 1.54) is 0 Å². The predicted molar refractivity (Wildman–Crippen MR) is 78.3 cm³/mol. The number of nitrogens with zero attached hydrogens (tertiary/aromatic N) is 2. The molecular formula is C15H18N4O2. The van der Waals surface area contributed by atoms with Gasteiger partial charge in [-0.25, -0.2) is 0 Å². The molecule has 1 saturated carbocycles. The van der Waals surface area contributed by atoms with E-state index >= 15 is 0 Å². The first-order valence-corrected chi connectivity index (χ1v) is 7.15. The number of carbonyl (C=O) groups is 1. The Hall–Kier alpha value is -2.21. The van der Waals surface area contributed by atoms with Crippen LogP contribution >= 0.6 is 0 Å². The van der Waals surface area contributed by atoms with Crippen LogP contribution in [-0.4, -0.2) is 29.7 Å². The van der Waals surface area contributed by atoms with Gasteiger partial charge in [0, 0.05) is 11.5 Å². The number of rotatable bonds is 6. The highest BCUT2D eigenvalue weighted by Crippen LogP contribution is 2.39. The van der Waals surface area contributed by atoms with Crippen molar-refractivity contribution in [2.75, 3.05) is 18.9 Å². The average molecular weight is 286 g/mol. The molecule has 1 aliphatic carbocycles. The van der Waals surface area contributed by atoms with Crippen LogP contribution < -0.4 is 10.6 Å². The quantitative estimate of drug-likeness (QED) is 0.848. The van der Waals surface area contributed by atoms with Gasteiger partial charge in [0.15, 0.2) is 0 Å². The molecule has 0 aliphatic heterocycles. The van der Waals surface area contributed by atoms with Crippen LogP contribution in [0.1, 0.15) is 40.6 Å². The van der Waals surface area contributed by atoms with Crippen molar-refractivity contribution in [3.8, 4) is 0 Å². The van der Waals surface area contributed by atoms with Gasteiger partial charge >= 0.3 is 6.01 Å². The van der Waals surface area contributed by atoms with Crippen LogP contribution in [0.2, 0.25) is 0 Å². The van der Waals surface area contributed by atoms with E-state index in [0.717, 1.165) is 31.4 Å². The number of hydrogen-bond donors (Lipinski definition) is 2. The smallest absolute Gasteiger partial charge is 0.322 e. The Balaban J connectivity index is 1.71. The lowest BCUT2D eigenvalue weighted by Crippen LogP contribution is -2.17. The third kappa shape index (κ3) is 3.28. The van der Waals surface area contributed by atoms with Crippen LogP contribution in [0.15, 0.2) is 28.7 Å². The summed E-state index contributed by atoms with van der Waals surface area (Å²) in [6.07, 6.45) is 2.96. The minimum absolute atomic E-state index is 0.172. The normalized spacial score (nSPS) is 14.1. The monoisotopic (exact) mass is 286 g/mol. The molecule has 1 aromatic carbocycles. The molecule has 21 heavy (non-hydrogen) atoms. The number of amides is 1. The first kappa shape index (κ1) is 13.8. The van der Waals surface area contributed by atoms with Crippen LogP contribution in [-0.2, 0) is 6.42 Å². The molecule has 0 atom stereocenters. The fourth-order valence-corrected chi connectivity index (χ4v) is 2.16. The van der Waals surface area contributed by atoms with Crippen LogP contribution in [0.5, 0.6) is 0 Å². The Morgan fingerprint density at radius 2 is 2.14 bits per heavy atom. The standard InChI is InChI=1S/C15H18N4O2/c1-16-9-8-10-4-2-3-5-12(10)13(20)17-15-19-18-14(21-15)11-6-7-11/h2-5,11,16H,6-9H2,1H3,(H,17,19,20). The summed E-state index contributed by atoms with van der Waals surface area (Å²) < 4.78 is 5.45. The van der Waals surface area contributed by atoms with Crippen molar-refractivity contribution < 1.29 is 9.21 Å². The molecule has 1 fully saturated rings. The molecule has 110 valence electrons. The second-order valence-corrected chi connectivity index (χ2v) is 5.18. The van der Waals surface area contributed by atoms with E-state index in [2.05, 4.69) is 20.8 Å². The molecule has 2 aromatic rings. The Morgan fingerprint density at radius 3 is 2.90 bits per heavy atom. The SMILES string of the molecule is CNCCc1ccccc1C(=O)Nc1nnc(C2CC2)o1. The third-order valence-corrected chi connectivity index (χ3v) is 3.49. The van der Waals surface area contributed by atoms with E-state index in [-0.39, 0.29) is 11.9 Å². The molecule has 1 heterocycles. The van der Waals surface area contributed by atoms with Crippen molar-refractivity contribution in [3.05, 3.63) is 41.3 Å². The van der Waals surface area contributed by atoms with E-state index < -0.39 is 0 Å². The van der Waals surface area contributed by atoms with Crippen molar-refractivity contribution in [1.29, 1.82) is 0 Å². The van der Waals surface area contributed by atoms with Crippen LogP contribution in [0.25, 0.3) is 0 Å². The lowest BCUT2D eigenvalue weighted by Gasteiger charge is -2.08. The van der Waals surface area contributed by atoms with Crippen molar-refractivity contribution in [1.82, 2.24) is 15.5 Å². The minimum Gasteiger partial charge on any atom is -0.408 e. The van der Waals surface area contributed by atoms with Crippen molar-refractivity contribution in [2.24, 2.45) is 0 Å². The number of aromatic nitrogens is 2.